The predicted molar refractivity (Wildman–Crippen MR) is 96.8 cm³/mol. The number of carbonyl (C=O) groups is 3. The van der Waals surface area contributed by atoms with Crippen molar-refractivity contribution < 1.29 is 19.1 Å². The highest BCUT2D eigenvalue weighted by Crippen LogP contribution is 2.23. The van der Waals surface area contributed by atoms with Crippen molar-refractivity contribution >= 4 is 35.1 Å². The topological polar surface area (TPSA) is 79.0 Å². The van der Waals surface area contributed by atoms with E-state index in [4.69, 9.17) is 11.6 Å². The Balaban J connectivity index is 2.66. The molecule has 0 saturated carbocycles. The molecule has 0 radical (unpaired) electrons. The lowest BCUT2D eigenvalue weighted by atomic mass is 10.2. The third kappa shape index (κ3) is 7.11. The van der Waals surface area contributed by atoms with Crippen molar-refractivity contribution in [1.82, 2.24) is 9.80 Å². The van der Waals surface area contributed by atoms with Gasteiger partial charge in [-0.1, -0.05) is 11.6 Å². The first-order chi connectivity index (χ1) is 11.7. The van der Waals surface area contributed by atoms with E-state index in [0.717, 1.165) is 0 Å². The highest BCUT2D eigenvalue weighted by atomic mass is 35.5. The standard InChI is InChI=1S/C17H24ClN3O4/c1-12(22)21(10-9-20(2)3)8-7-16(23)19-15-11-13(17(24)25-4)5-6-14(15)18/h5-6,11H,7-10H2,1-4H3,(H,19,23). The van der Waals surface area contributed by atoms with E-state index in [-0.39, 0.29) is 18.2 Å². The third-order valence-corrected chi connectivity index (χ3v) is 3.86. The maximum absolute atomic E-state index is 12.1. The number of hydrogen-bond donors (Lipinski definition) is 1. The van der Waals surface area contributed by atoms with Crippen molar-refractivity contribution in [3.05, 3.63) is 28.8 Å². The fourth-order valence-electron chi connectivity index (χ4n) is 2.06. The van der Waals surface area contributed by atoms with Gasteiger partial charge in [0.25, 0.3) is 0 Å². The van der Waals surface area contributed by atoms with Crippen molar-refractivity contribution in [2.45, 2.75) is 13.3 Å². The Bertz CT molecular complexity index is 634. The smallest absolute Gasteiger partial charge is 0.337 e. The number of anilines is 1. The molecule has 0 saturated heterocycles. The van der Waals surface area contributed by atoms with Crippen LogP contribution in [-0.4, -0.2) is 68.4 Å². The molecule has 0 unspecified atom stereocenters. The summed E-state index contributed by atoms with van der Waals surface area (Å²) >= 11 is 6.05. The number of hydrogen-bond acceptors (Lipinski definition) is 5. The molecule has 1 aromatic carbocycles. The van der Waals surface area contributed by atoms with Crippen LogP contribution in [-0.2, 0) is 14.3 Å². The molecule has 0 heterocycles. The summed E-state index contributed by atoms with van der Waals surface area (Å²) in [7, 11) is 5.11. The van der Waals surface area contributed by atoms with E-state index >= 15 is 0 Å². The van der Waals surface area contributed by atoms with Gasteiger partial charge in [-0.2, -0.15) is 0 Å². The van der Waals surface area contributed by atoms with Crippen LogP contribution >= 0.6 is 11.6 Å². The second kappa shape index (κ2) is 10.0. The zero-order chi connectivity index (χ0) is 19.0. The van der Waals surface area contributed by atoms with Crippen LogP contribution in [0.15, 0.2) is 18.2 Å². The molecule has 7 nitrogen and oxygen atoms in total. The third-order valence-electron chi connectivity index (χ3n) is 3.53. The summed E-state index contributed by atoms with van der Waals surface area (Å²) in [5.41, 5.74) is 0.621. The lowest BCUT2D eigenvalue weighted by molar-refractivity contribution is -0.129. The normalized spacial score (nSPS) is 10.5. The van der Waals surface area contributed by atoms with Crippen LogP contribution in [0, 0.1) is 0 Å². The highest BCUT2D eigenvalue weighted by Gasteiger charge is 2.14. The van der Waals surface area contributed by atoms with E-state index < -0.39 is 5.97 Å². The minimum absolute atomic E-state index is 0.0830. The number of ether oxygens (including phenoxy) is 1. The second-order valence-corrected chi connectivity index (χ2v) is 6.20. The molecule has 0 aliphatic heterocycles. The van der Waals surface area contributed by atoms with Crippen LogP contribution in [0.4, 0.5) is 5.69 Å². The summed E-state index contributed by atoms with van der Waals surface area (Å²) in [5, 5.41) is 2.98. The molecule has 0 aliphatic rings. The number of likely N-dealkylation sites (N-methyl/N-ethyl adjacent to an activating group) is 1. The van der Waals surface area contributed by atoms with Crippen LogP contribution in [0.5, 0.6) is 0 Å². The number of amides is 2. The number of halogens is 1. The SMILES string of the molecule is COC(=O)c1ccc(Cl)c(NC(=O)CCN(CCN(C)C)C(C)=O)c1. The number of carbonyl (C=O) groups excluding carboxylic acids is 3. The lowest BCUT2D eigenvalue weighted by Gasteiger charge is -2.22. The number of methoxy groups -OCH3 is 1. The van der Waals surface area contributed by atoms with Gasteiger partial charge in [-0.3, -0.25) is 9.59 Å². The predicted octanol–water partition coefficient (Wildman–Crippen LogP) is 1.87. The zero-order valence-corrected chi connectivity index (χ0v) is 15.7. The minimum Gasteiger partial charge on any atom is -0.465 e. The van der Waals surface area contributed by atoms with E-state index in [2.05, 4.69) is 10.1 Å². The Morgan fingerprint density at radius 1 is 1.16 bits per heavy atom. The molecule has 2 amide bonds. The van der Waals surface area contributed by atoms with Crippen LogP contribution in [0.2, 0.25) is 5.02 Å². The summed E-state index contributed by atoms with van der Waals surface area (Å²) in [4.78, 5) is 38.9. The fourth-order valence-corrected chi connectivity index (χ4v) is 2.23. The van der Waals surface area contributed by atoms with Crippen LogP contribution in [0.1, 0.15) is 23.7 Å². The Morgan fingerprint density at radius 3 is 2.40 bits per heavy atom. The van der Waals surface area contributed by atoms with Gasteiger partial charge in [0.1, 0.15) is 0 Å². The summed E-state index contributed by atoms with van der Waals surface area (Å²) in [6.07, 6.45) is 0.131. The summed E-state index contributed by atoms with van der Waals surface area (Å²) in [5.74, 6) is -0.890. The van der Waals surface area contributed by atoms with Gasteiger partial charge in [-0.15, -0.1) is 0 Å². The van der Waals surface area contributed by atoms with Crippen molar-refractivity contribution in [2.24, 2.45) is 0 Å². The van der Waals surface area contributed by atoms with Crippen LogP contribution < -0.4 is 5.32 Å². The molecular formula is C17H24ClN3O4. The number of benzene rings is 1. The Labute approximate surface area is 152 Å². The molecule has 0 fully saturated rings. The molecule has 1 aromatic rings. The van der Waals surface area contributed by atoms with Gasteiger partial charge in [0.05, 0.1) is 23.4 Å². The van der Waals surface area contributed by atoms with E-state index in [9.17, 15) is 14.4 Å². The van der Waals surface area contributed by atoms with E-state index in [1.165, 1.54) is 32.2 Å². The number of rotatable bonds is 8. The monoisotopic (exact) mass is 369 g/mol. The first-order valence-corrected chi connectivity index (χ1v) is 8.20. The van der Waals surface area contributed by atoms with Crippen LogP contribution in [0.25, 0.3) is 0 Å². The Kier molecular flexibility index (Phi) is 8.37. The molecule has 0 aliphatic carbocycles. The van der Waals surface area contributed by atoms with Gasteiger partial charge in [-0.25, -0.2) is 4.79 Å². The van der Waals surface area contributed by atoms with Crippen molar-refractivity contribution in [3.63, 3.8) is 0 Å². The number of nitrogens with zero attached hydrogens (tertiary/aromatic N) is 2. The molecule has 25 heavy (non-hydrogen) atoms. The largest absolute Gasteiger partial charge is 0.465 e. The van der Waals surface area contributed by atoms with Gasteiger partial charge in [0.2, 0.25) is 11.8 Å². The first kappa shape index (κ1) is 20.9. The minimum atomic E-state index is -0.515. The van der Waals surface area contributed by atoms with Gasteiger partial charge in [0.15, 0.2) is 0 Å². The summed E-state index contributed by atoms with van der Waals surface area (Å²) < 4.78 is 4.64. The molecule has 0 aromatic heterocycles. The Morgan fingerprint density at radius 2 is 1.84 bits per heavy atom. The van der Waals surface area contributed by atoms with E-state index in [1.54, 1.807) is 4.90 Å². The molecule has 1 rings (SSSR count). The van der Waals surface area contributed by atoms with Gasteiger partial charge >= 0.3 is 5.97 Å². The highest BCUT2D eigenvalue weighted by molar-refractivity contribution is 6.33. The molecular weight excluding hydrogens is 346 g/mol. The first-order valence-electron chi connectivity index (χ1n) is 7.82. The lowest BCUT2D eigenvalue weighted by Crippen LogP contribution is -2.37. The van der Waals surface area contributed by atoms with Crippen molar-refractivity contribution in [2.75, 3.05) is 46.2 Å². The fraction of sp³-hybridized carbons (Fsp3) is 0.471. The van der Waals surface area contributed by atoms with E-state index in [0.29, 0.717) is 35.9 Å². The maximum Gasteiger partial charge on any atom is 0.337 e. The van der Waals surface area contributed by atoms with Crippen LogP contribution in [0.3, 0.4) is 0 Å². The van der Waals surface area contributed by atoms with Gasteiger partial charge in [-0.05, 0) is 32.3 Å². The number of nitrogens with one attached hydrogen (secondary N) is 1. The molecule has 1 N–H and O–H groups in total. The molecule has 0 bridgehead atoms. The van der Waals surface area contributed by atoms with Crippen molar-refractivity contribution in [3.8, 4) is 0 Å². The zero-order valence-electron chi connectivity index (χ0n) is 15.0. The van der Waals surface area contributed by atoms with Crippen molar-refractivity contribution in [1.29, 1.82) is 0 Å². The van der Waals surface area contributed by atoms with Gasteiger partial charge in [0, 0.05) is 33.0 Å². The quantitative estimate of drug-likeness (QED) is 0.708. The molecule has 0 spiro atoms. The van der Waals surface area contributed by atoms with E-state index in [1.807, 2.05) is 19.0 Å². The number of esters is 1. The molecule has 8 heteroatoms. The van der Waals surface area contributed by atoms with Gasteiger partial charge < -0.3 is 19.9 Å². The second-order valence-electron chi connectivity index (χ2n) is 5.79. The summed E-state index contributed by atoms with van der Waals surface area (Å²) in [6, 6.07) is 4.49. The average molecular weight is 370 g/mol. The Hall–Kier alpha value is -2.12. The molecule has 0 atom stereocenters. The summed E-state index contributed by atoms with van der Waals surface area (Å²) in [6.45, 7) is 3.05. The average Bonchev–Trinajstić information content (AvgIpc) is 2.55. The molecule has 138 valence electrons. The maximum atomic E-state index is 12.1.